The van der Waals surface area contributed by atoms with Gasteiger partial charge in [0.2, 0.25) is 5.51 Å². The molecule has 0 bridgehead atoms. The summed E-state index contributed by atoms with van der Waals surface area (Å²) < 4.78 is 31.7. The first-order valence-electron chi connectivity index (χ1n) is 10.7. The number of aliphatic hydroxyl groups is 1. The zero-order valence-corrected chi connectivity index (χ0v) is 21.2. The molecule has 2 heterocycles. The molecule has 186 valence electrons. The molecule has 0 amide bonds. The van der Waals surface area contributed by atoms with E-state index in [0.29, 0.717) is 24.6 Å². The molecule has 2 aromatic heterocycles. The number of rotatable bonds is 5. The second-order valence-electron chi connectivity index (χ2n) is 8.34. The highest BCUT2D eigenvalue weighted by Crippen LogP contribution is 2.33. The van der Waals surface area contributed by atoms with Gasteiger partial charge in [0.25, 0.3) is 10.1 Å². The van der Waals surface area contributed by atoms with E-state index in [1.165, 1.54) is 17.0 Å². The third-order valence-corrected chi connectivity index (χ3v) is 8.49. The molecule has 10 nitrogen and oxygen atoms in total. The molecule has 35 heavy (non-hydrogen) atoms. The van der Waals surface area contributed by atoms with Crippen molar-refractivity contribution < 1.29 is 32.2 Å². The Bertz CT molecular complexity index is 1390. The molecule has 0 saturated carbocycles. The number of carbonyl (C=O) groups excluding carboxylic acids is 2. The van der Waals surface area contributed by atoms with Gasteiger partial charge in [-0.05, 0) is 13.8 Å². The summed E-state index contributed by atoms with van der Waals surface area (Å²) in [5.41, 5.74) is 10.3. The highest BCUT2D eigenvalue weighted by Gasteiger charge is 2.51. The fraction of sp³-hybridized carbons (Fsp3) is 0.348. The molecule has 1 atom stereocenters. The SMILES string of the molecule is CC1(S(=O)(=O)O)CC(=O)c2ccccc2C1=O.Cc1ncc(C[n+]2csc(CCO)c2C)c(N)n1. The van der Waals surface area contributed by atoms with Crippen molar-refractivity contribution in [3.8, 4) is 0 Å². The molecule has 4 rings (SSSR count). The zero-order chi connectivity index (χ0) is 26.0. The summed E-state index contributed by atoms with van der Waals surface area (Å²) in [5, 5.41) is 8.98. The van der Waals surface area contributed by atoms with Gasteiger partial charge in [0.1, 0.15) is 11.6 Å². The number of aryl methyl sites for hydroxylation is 1. The lowest BCUT2D eigenvalue weighted by Gasteiger charge is -2.29. The van der Waals surface area contributed by atoms with Gasteiger partial charge in [-0.2, -0.15) is 13.0 Å². The van der Waals surface area contributed by atoms with Crippen LogP contribution in [0.1, 0.15) is 56.0 Å². The van der Waals surface area contributed by atoms with Crippen LogP contribution >= 0.6 is 11.3 Å². The second-order valence-corrected chi connectivity index (χ2v) is 11.1. The van der Waals surface area contributed by atoms with Crippen LogP contribution in [0.4, 0.5) is 5.82 Å². The molecular weight excluding hydrogens is 492 g/mol. The van der Waals surface area contributed by atoms with E-state index in [4.69, 9.17) is 15.4 Å². The van der Waals surface area contributed by atoms with Crippen LogP contribution in [0.5, 0.6) is 0 Å². The van der Waals surface area contributed by atoms with Gasteiger partial charge in [0.05, 0.1) is 10.4 Å². The van der Waals surface area contributed by atoms with E-state index >= 15 is 0 Å². The monoisotopic (exact) mass is 519 g/mol. The molecule has 1 unspecified atom stereocenters. The number of ketones is 2. The van der Waals surface area contributed by atoms with Crippen molar-refractivity contribution in [3.05, 3.63) is 69.1 Å². The molecule has 0 radical (unpaired) electrons. The summed E-state index contributed by atoms with van der Waals surface area (Å²) in [6.07, 6.45) is 1.94. The maximum atomic E-state index is 12.0. The first kappa shape index (κ1) is 26.5. The van der Waals surface area contributed by atoms with Crippen LogP contribution in [-0.4, -0.2) is 51.0 Å². The largest absolute Gasteiger partial charge is 0.396 e. The van der Waals surface area contributed by atoms with Crippen molar-refractivity contribution >= 4 is 38.8 Å². The Morgan fingerprint density at radius 1 is 1.20 bits per heavy atom. The maximum absolute atomic E-state index is 12.0. The van der Waals surface area contributed by atoms with E-state index in [1.54, 1.807) is 29.7 Å². The van der Waals surface area contributed by atoms with E-state index in [0.717, 1.165) is 18.2 Å². The summed E-state index contributed by atoms with van der Waals surface area (Å²) in [6.45, 7) is 5.78. The molecule has 1 aromatic carbocycles. The number of nitrogens with zero attached hydrogens (tertiary/aromatic N) is 3. The van der Waals surface area contributed by atoms with E-state index < -0.39 is 32.9 Å². The van der Waals surface area contributed by atoms with Crippen LogP contribution < -0.4 is 10.3 Å². The average Bonchev–Trinajstić information content (AvgIpc) is 3.13. The Morgan fingerprint density at radius 3 is 2.46 bits per heavy atom. The number of nitrogens with two attached hydrogens (primary N) is 1. The van der Waals surface area contributed by atoms with Crippen molar-refractivity contribution in [2.45, 2.75) is 44.9 Å². The van der Waals surface area contributed by atoms with Gasteiger partial charge in [-0.1, -0.05) is 35.6 Å². The topological polar surface area (TPSA) is 164 Å². The predicted molar refractivity (Wildman–Crippen MR) is 130 cm³/mol. The average molecular weight is 520 g/mol. The van der Waals surface area contributed by atoms with Gasteiger partial charge < -0.3 is 10.8 Å². The molecule has 0 aliphatic heterocycles. The van der Waals surface area contributed by atoms with E-state index in [9.17, 15) is 18.0 Å². The van der Waals surface area contributed by atoms with Crippen molar-refractivity contribution in [1.29, 1.82) is 0 Å². The number of Topliss-reactive ketones (excluding diaryl/α,β-unsaturated/α-hetero) is 2. The Hall–Kier alpha value is -3.06. The van der Waals surface area contributed by atoms with Gasteiger partial charge in [-0.25, -0.2) is 9.97 Å². The molecule has 3 aromatic rings. The lowest BCUT2D eigenvalue weighted by atomic mass is 9.82. The normalized spacial score (nSPS) is 17.5. The van der Waals surface area contributed by atoms with Crippen LogP contribution in [0.15, 0.2) is 36.0 Å². The van der Waals surface area contributed by atoms with Gasteiger partial charge >= 0.3 is 0 Å². The standard InChI is InChI=1S/C12H17N4OS.C11H10O5S/c1-8-11(3-4-17)18-7-16(8)6-10-5-14-9(2)15-12(10)13;1-11(17(14,15)16)6-9(12)7-4-2-3-5-8(7)10(11)13/h5,7,17H,3-4,6H2,1-2H3,(H2,13,14,15);2-5H,6H2,1H3,(H,14,15,16)/q+1;. The lowest BCUT2D eigenvalue weighted by molar-refractivity contribution is -0.689. The minimum absolute atomic E-state index is 0.0453. The number of thiazole rings is 1. The van der Waals surface area contributed by atoms with Crippen LogP contribution in [0.2, 0.25) is 0 Å². The summed E-state index contributed by atoms with van der Waals surface area (Å²) in [7, 11) is -4.62. The Balaban J connectivity index is 0.000000196. The number of nitrogen functional groups attached to an aromatic ring is 1. The number of fused-ring (bicyclic) bond motifs is 1. The van der Waals surface area contributed by atoms with E-state index in [-0.39, 0.29) is 17.7 Å². The molecule has 0 spiro atoms. The number of aliphatic hydroxyl groups excluding tert-OH is 1. The van der Waals surface area contributed by atoms with E-state index in [2.05, 4.69) is 14.5 Å². The van der Waals surface area contributed by atoms with Crippen LogP contribution in [0.3, 0.4) is 0 Å². The third kappa shape index (κ3) is 5.45. The number of anilines is 1. The van der Waals surface area contributed by atoms with Crippen molar-refractivity contribution in [1.82, 2.24) is 9.97 Å². The molecule has 1 aliphatic rings. The first-order valence-corrected chi connectivity index (χ1v) is 13.0. The number of aromatic nitrogens is 3. The summed E-state index contributed by atoms with van der Waals surface area (Å²) in [5.74, 6) is 0.0177. The lowest BCUT2D eigenvalue weighted by Crippen LogP contribution is -2.48. The molecule has 4 N–H and O–H groups in total. The van der Waals surface area contributed by atoms with Crippen molar-refractivity contribution in [3.63, 3.8) is 0 Å². The number of hydrogen-bond donors (Lipinski definition) is 3. The highest BCUT2D eigenvalue weighted by atomic mass is 32.2. The maximum Gasteiger partial charge on any atom is 0.278 e. The Morgan fingerprint density at radius 2 is 1.86 bits per heavy atom. The zero-order valence-electron chi connectivity index (χ0n) is 19.6. The first-order chi connectivity index (χ1) is 16.4. The van der Waals surface area contributed by atoms with Crippen molar-refractivity contribution in [2.75, 3.05) is 12.3 Å². The van der Waals surface area contributed by atoms with E-state index in [1.807, 2.05) is 19.4 Å². The van der Waals surface area contributed by atoms with Gasteiger partial charge in [-0.3, -0.25) is 14.1 Å². The summed E-state index contributed by atoms with van der Waals surface area (Å²) in [6, 6.07) is 6.00. The second kappa shape index (κ2) is 10.3. The number of carbonyl (C=O) groups is 2. The number of benzene rings is 1. The third-order valence-electron chi connectivity index (χ3n) is 5.87. The van der Waals surface area contributed by atoms with Crippen LogP contribution in [0.25, 0.3) is 0 Å². The predicted octanol–water partition coefficient (Wildman–Crippen LogP) is 1.71. The fourth-order valence-electron chi connectivity index (χ4n) is 3.67. The fourth-order valence-corrected chi connectivity index (χ4v) is 5.31. The van der Waals surface area contributed by atoms with Gasteiger partial charge in [0, 0.05) is 43.7 Å². The molecule has 0 fully saturated rings. The summed E-state index contributed by atoms with van der Waals surface area (Å²) >= 11 is 1.65. The smallest absolute Gasteiger partial charge is 0.278 e. The molecular formula is C23H27N4O6S2+. The molecule has 12 heteroatoms. The highest BCUT2D eigenvalue weighted by molar-refractivity contribution is 7.88. The van der Waals surface area contributed by atoms with Gasteiger partial charge in [-0.15, -0.1) is 0 Å². The quantitative estimate of drug-likeness (QED) is 0.336. The van der Waals surface area contributed by atoms with Crippen molar-refractivity contribution in [2.24, 2.45) is 0 Å². The minimum Gasteiger partial charge on any atom is -0.396 e. The Kier molecular flexibility index (Phi) is 7.80. The number of hydrogen-bond acceptors (Lipinski definition) is 9. The van der Waals surface area contributed by atoms with Crippen LogP contribution in [0, 0.1) is 13.8 Å². The summed E-state index contributed by atoms with van der Waals surface area (Å²) in [4.78, 5) is 33.3. The molecule has 1 aliphatic carbocycles. The minimum atomic E-state index is -4.62. The van der Waals surface area contributed by atoms with Crippen LogP contribution in [-0.2, 0) is 23.1 Å². The van der Waals surface area contributed by atoms with Gasteiger partial charge in [0.15, 0.2) is 28.6 Å². The molecule has 0 saturated heterocycles. The Labute approximate surface area is 207 Å².